The number of ketones is 1. The SMILES string of the molecule is C/C(=C\c1csc(S(C)(=O)=O)n1)[C@@H]1C[C@@H]2N(CCN=[N+]=[N-])[C@]2(C)CCC[C@H](C)[C@H](O)[C@@H](C)C(=O)C(C)(C)[C@@H](O)CC(=O)O1. The highest BCUT2D eigenvalue weighted by atomic mass is 32.2. The Kier molecular flexibility index (Phi) is 11.2. The van der Waals surface area contributed by atoms with Crippen molar-refractivity contribution in [3.8, 4) is 0 Å². The van der Waals surface area contributed by atoms with Crippen LogP contribution in [0.1, 0.15) is 79.3 Å². The Morgan fingerprint density at radius 3 is 2.58 bits per heavy atom. The van der Waals surface area contributed by atoms with Gasteiger partial charge < -0.3 is 14.9 Å². The van der Waals surface area contributed by atoms with Crippen LogP contribution in [-0.2, 0) is 24.2 Å². The first kappa shape index (κ1) is 35.1. The van der Waals surface area contributed by atoms with E-state index in [4.69, 9.17) is 10.3 Å². The van der Waals surface area contributed by atoms with Crippen LogP contribution < -0.4 is 0 Å². The number of nitrogens with zero attached hydrogens (tertiary/aromatic N) is 5. The van der Waals surface area contributed by atoms with Crippen LogP contribution in [0.2, 0.25) is 0 Å². The van der Waals surface area contributed by atoms with Crippen LogP contribution >= 0.6 is 11.3 Å². The lowest BCUT2D eigenvalue weighted by molar-refractivity contribution is -0.154. The van der Waals surface area contributed by atoms with Crippen LogP contribution in [0.25, 0.3) is 16.5 Å². The molecule has 0 aromatic carbocycles. The molecule has 12 nitrogen and oxygen atoms in total. The minimum atomic E-state index is -3.47. The largest absolute Gasteiger partial charge is 0.458 e. The maximum Gasteiger partial charge on any atom is 0.309 e. The van der Waals surface area contributed by atoms with Gasteiger partial charge in [0.15, 0.2) is 0 Å². The normalized spacial score (nSPS) is 34.5. The molecule has 0 spiro atoms. The van der Waals surface area contributed by atoms with E-state index in [1.165, 1.54) is 0 Å². The second-order valence-corrected chi connectivity index (χ2v) is 15.9. The predicted molar refractivity (Wildman–Crippen MR) is 164 cm³/mol. The van der Waals surface area contributed by atoms with Crippen LogP contribution in [0.15, 0.2) is 20.4 Å². The summed E-state index contributed by atoms with van der Waals surface area (Å²) in [6.45, 7) is 11.4. The number of ether oxygens (including phenoxy) is 1. The molecule has 14 heteroatoms. The first-order valence-corrected chi connectivity index (χ1v) is 17.4. The molecule has 0 amide bonds. The van der Waals surface area contributed by atoms with E-state index in [-0.39, 0.29) is 34.2 Å². The third-order valence-corrected chi connectivity index (χ3v) is 11.9. The lowest BCUT2D eigenvalue weighted by Gasteiger charge is -2.34. The number of fused-ring (bicyclic) bond motifs is 1. The van der Waals surface area contributed by atoms with Crippen LogP contribution in [0, 0.1) is 17.3 Å². The second kappa shape index (κ2) is 13.7. The van der Waals surface area contributed by atoms with Crippen molar-refractivity contribution in [2.24, 2.45) is 22.4 Å². The Labute approximate surface area is 258 Å². The topological polar surface area (TPSA) is 183 Å². The third kappa shape index (κ3) is 8.23. The number of thiazole rings is 1. The summed E-state index contributed by atoms with van der Waals surface area (Å²) in [5, 5.41) is 27.4. The first-order valence-electron chi connectivity index (χ1n) is 14.6. The van der Waals surface area contributed by atoms with E-state index in [0.29, 0.717) is 30.7 Å². The Morgan fingerprint density at radius 2 is 1.98 bits per heavy atom. The molecule has 1 aromatic rings. The van der Waals surface area contributed by atoms with Crippen LogP contribution in [0.3, 0.4) is 0 Å². The van der Waals surface area contributed by atoms with Gasteiger partial charge in [-0.25, -0.2) is 13.4 Å². The van der Waals surface area contributed by atoms with E-state index in [1.807, 2.05) is 6.92 Å². The number of Topliss-reactive ketones (excluding diaryl/α,β-unsaturated/α-hetero) is 1. The maximum absolute atomic E-state index is 13.4. The minimum Gasteiger partial charge on any atom is -0.458 e. The predicted octanol–water partition coefficient (Wildman–Crippen LogP) is 4.17. The number of aromatic nitrogens is 1. The summed E-state index contributed by atoms with van der Waals surface area (Å²) in [6.07, 6.45) is 2.09. The molecular formula is C29H45N5O7S2. The number of cyclic esters (lactones) is 1. The van der Waals surface area contributed by atoms with Gasteiger partial charge in [-0.1, -0.05) is 39.2 Å². The number of carbonyl (C=O) groups excluding carboxylic acids is 2. The summed E-state index contributed by atoms with van der Waals surface area (Å²) >= 11 is 1.01. The minimum absolute atomic E-state index is 0.0101. The van der Waals surface area contributed by atoms with Crippen LogP contribution in [0.4, 0.5) is 0 Å². The van der Waals surface area contributed by atoms with Gasteiger partial charge in [-0.05, 0) is 49.8 Å². The molecule has 1 unspecified atom stereocenters. The zero-order valence-corrected chi connectivity index (χ0v) is 27.7. The molecule has 2 saturated heterocycles. The van der Waals surface area contributed by atoms with Crippen molar-refractivity contribution < 1.29 is 33.0 Å². The first-order chi connectivity index (χ1) is 19.9. The fraction of sp³-hybridized carbons (Fsp3) is 0.759. The van der Waals surface area contributed by atoms with E-state index in [2.05, 4.69) is 26.8 Å². The molecular weight excluding hydrogens is 594 g/mol. The highest BCUT2D eigenvalue weighted by molar-refractivity contribution is 7.92. The van der Waals surface area contributed by atoms with Gasteiger partial charge in [0.2, 0.25) is 14.2 Å². The Hall–Kier alpha value is -2.35. The number of azide groups is 1. The van der Waals surface area contributed by atoms with Gasteiger partial charge in [0.05, 0.1) is 29.7 Å². The number of hydrogen-bond acceptors (Lipinski definition) is 11. The van der Waals surface area contributed by atoms with Gasteiger partial charge in [-0.3, -0.25) is 14.5 Å². The molecule has 2 N–H and O–H groups in total. The van der Waals surface area contributed by atoms with Gasteiger partial charge >= 0.3 is 5.97 Å². The number of esters is 1. The lowest BCUT2D eigenvalue weighted by Crippen LogP contribution is -2.45. The van der Waals surface area contributed by atoms with E-state index in [9.17, 15) is 28.2 Å². The van der Waals surface area contributed by atoms with Gasteiger partial charge in [-0.2, -0.15) is 0 Å². The summed E-state index contributed by atoms with van der Waals surface area (Å²) in [6, 6.07) is -0.0143. The lowest BCUT2D eigenvalue weighted by atomic mass is 9.73. The number of sulfone groups is 1. The Morgan fingerprint density at radius 1 is 1.30 bits per heavy atom. The van der Waals surface area contributed by atoms with E-state index in [1.54, 1.807) is 39.2 Å². The van der Waals surface area contributed by atoms with Crippen molar-refractivity contribution in [3.05, 3.63) is 27.1 Å². The average Bonchev–Trinajstić information content (AvgIpc) is 3.22. The van der Waals surface area contributed by atoms with Crippen LogP contribution in [-0.4, -0.2) is 89.5 Å². The second-order valence-electron chi connectivity index (χ2n) is 12.9. The number of aliphatic hydroxyl groups excluding tert-OH is 2. The molecule has 0 bridgehead atoms. The molecule has 0 aliphatic carbocycles. The summed E-state index contributed by atoms with van der Waals surface area (Å²) < 4.78 is 29.8. The van der Waals surface area contributed by atoms with E-state index < -0.39 is 51.9 Å². The molecule has 1 aromatic heterocycles. The number of aliphatic hydroxyl groups is 2. The fourth-order valence-corrected chi connectivity index (χ4v) is 7.83. The summed E-state index contributed by atoms with van der Waals surface area (Å²) in [5.41, 5.74) is 8.31. The molecule has 2 aliphatic rings. The molecule has 43 heavy (non-hydrogen) atoms. The smallest absolute Gasteiger partial charge is 0.309 e. The van der Waals surface area contributed by atoms with Gasteiger partial charge in [-0.15, -0.1) is 11.3 Å². The summed E-state index contributed by atoms with van der Waals surface area (Å²) in [7, 11) is -3.47. The Balaban J connectivity index is 1.97. The molecule has 3 heterocycles. The molecule has 3 rings (SSSR count). The Bertz CT molecular complexity index is 1370. The van der Waals surface area contributed by atoms with Gasteiger partial charge in [0.1, 0.15) is 11.9 Å². The van der Waals surface area contributed by atoms with Gasteiger partial charge in [0.25, 0.3) is 0 Å². The highest BCUT2D eigenvalue weighted by Crippen LogP contribution is 2.48. The summed E-state index contributed by atoms with van der Waals surface area (Å²) in [4.78, 5) is 35.9. The van der Waals surface area contributed by atoms with Crippen molar-refractivity contribution in [3.63, 3.8) is 0 Å². The van der Waals surface area contributed by atoms with Gasteiger partial charge in [0, 0.05) is 53.6 Å². The van der Waals surface area contributed by atoms with E-state index >= 15 is 0 Å². The fourth-order valence-electron chi connectivity index (χ4n) is 6.21. The number of carbonyl (C=O) groups is 2. The van der Waals surface area contributed by atoms with Crippen molar-refractivity contribution in [2.75, 3.05) is 19.3 Å². The zero-order valence-electron chi connectivity index (χ0n) is 26.1. The monoisotopic (exact) mass is 639 g/mol. The van der Waals surface area contributed by atoms with Crippen molar-refractivity contribution in [2.45, 2.75) is 108 Å². The third-order valence-electron chi connectivity index (χ3n) is 9.28. The average molecular weight is 640 g/mol. The quantitative estimate of drug-likeness (QED) is 0.152. The molecule has 0 radical (unpaired) electrons. The van der Waals surface area contributed by atoms with Crippen molar-refractivity contribution in [1.82, 2.24) is 9.88 Å². The highest BCUT2D eigenvalue weighted by Gasteiger charge is 2.58. The van der Waals surface area contributed by atoms with Crippen molar-refractivity contribution >= 4 is 39.0 Å². The molecule has 2 fully saturated rings. The van der Waals surface area contributed by atoms with Crippen LogP contribution in [0.5, 0.6) is 0 Å². The van der Waals surface area contributed by atoms with E-state index in [0.717, 1.165) is 30.4 Å². The number of hydrogen-bond donors (Lipinski definition) is 2. The summed E-state index contributed by atoms with van der Waals surface area (Å²) in [5.74, 6) is -1.90. The molecule has 240 valence electrons. The molecule has 8 atom stereocenters. The zero-order chi connectivity index (χ0) is 32.3. The molecule has 0 saturated carbocycles. The molecule has 2 aliphatic heterocycles. The number of rotatable bonds is 6. The maximum atomic E-state index is 13.4. The standard InChI is InChI=1S/C29H45N5O7S2/c1-17-9-8-10-29(6)22(34(29)12-11-31-33-30)14-21(18(2)13-20-16-42-27(32-20)43(7,39)40)41-24(36)15-23(35)28(4,5)26(38)19(3)25(17)37/h13,16-17,19,21-23,25,35,37H,8-12,14-15H2,1-7H3/b18-13+/t17-,19+,21-,22-,23-,25-,29+,34?/m0/s1. The van der Waals surface area contributed by atoms with Crippen molar-refractivity contribution in [1.29, 1.82) is 0 Å².